The van der Waals surface area contributed by atoms with Gasteiger partial charge in [0.15, 0.2) is 0 Å². The summed E-state index contributed by atoms with van der Waals surface area (Å²) >= 11 is 0. The van der Waals surface area contributed by atoms with E-state index in [1.165, 1.54) is 45.3 Å². The predicted molar refractivity (Wildman–Crippen MR) is 90.9 cm³/mol. The molecule has 0 atom stereocenters. The Bertz CT molecular complexity index is 486. The molecule has 0 radical (unpaired) electrons. The number of halogens is 1. The van der Waals surface area contributed by atoms with Crippen LogP contribution in [-0.2, 0) is 0 Å². The second-order valence-electron chi connectivity index (χ2n) is 7.32. The van der Waals surface area contributed by atoms with Crippen molar-refractivity contribution in [3.8, 4) is 0 Å². The van der Waals surface area contributed by atoms with Crippen LogP contribution in [0.3, 0.4) is 0 Å². The van der Waals surface area contributed by atoms with E-state index in [0.29, 0.717) is 0 Å². The summed E-state index contributed by atoms with van der Waals surface area (Å²) in [4.78, 5) is 4.88. The molecule has 0 spiro atoms. The zero-order chi connectivity index (χ0) is 15.5. The highest BCUT2D eigenvalue weighted by Gasteiger charge is 2.24. The van der Waals surface area contributed by atoms with E-state index in [-0.39, 0.29) is 5.82 Å². The number of hydrogen-bond acceptors (Lipinski definition) is 2. The number of hydrogen-bond donors (Lipinski definition) is 0. The maximum Gasteiger partial charge on any atom is 0.149 e. The van der Waals surface area contributed by atoms with Gasteiger partial charge in [-0.05, 0) is 69.2 Å². The van der Waals surface area contributed by atoms with E-state index < -0.39 is 0 Å². The molecule has 3 heteroatoms. The van der Waals surface area contributed by atoms with Crippen LogP contribution in [0.4, 0.5) is 10.1 Å². The van der Waals surface area contributed by atoms with Crippen LogP contribution < -0.4 is 4.90 Å². The van der Waals surface area contributed by atoms with Crippen molar-refractivity contribution in [2.24, 2.45) is 11.8 Å². The van der Waals surface area contributed by atoms with Gasteiger partial charge in [0, 0.05) is 19.6 Å². The molecule has 2 fully saturated rings. The van der Waals surface area contributed by atoms with Crippen LogP contribution in [-0.4, -0.2) is 37.6 Å². The Morgan fingerprint density at radius 2 is 1.73 bits per heavy atom. The van der Waals surface area contributed by atoms with Crippen molar-refractivity contribution in [3.63, 3.8) is 0 Å². The van der Waals surface area contributed by atoms with E-state index in [2.05, 4.69) is 16.7 Å². The summed E-state index contributed by atoms with van der Waals surface area (Å²) in [7, 11) is 0. The van der Waals surface area contributed by atoms with Crippen LogP contribution in [0.1, 0.15) is 38.2 Å². The molecule has 22 heavy (non-hydrogen) atoms. The highest BCUT2D eigenvalue weighted by Crippen LogP contribution is 2.28. The Morgan fingerprint density at radius 1 is 1.05 bits per heavy atom. The van der Waals surface area contributed by atoms with E-state index in [1.54, 1.807) is 0 Å². The molecular formula is C19H29FN2. The molecule has 2 aliphatic heterocycles. The van der Waals surface area contributed by atoms with Crippen molar-refractivity contribution < 1.29 is 4.39 Å². The fourth-order valence-corrected chi connectivity index (χ4v) is 3.84. The Balaban J connectivity index is 1.51. The minimum absolute atomic E-state index is 0.0361. The van der Waals surface area contributed by atoms with Crippen LogP contribution in [0, 0.1) is 24.6 Å². The number of aryl methyl sites for hydroxylation is 1. The maximum atomic E-state index is 14.2. The van der Waals surface area contributed by atoms with Gasteiger partial charge in [0.25, 0.3) is 0 Å². The second-order valence-corrected chi connectivity index (χ2v) is 7.32. The third kappa shape index (κ3) is 3.62. The molecular weight excluding hydrogens is 275 g/mol. The third-order valence-electron chi connectivity index (χ3n) is 5.52. The highest BCUT2D eigenvalue weighted by molar-refractivity contribution is 5.50. The average molecular weight is 304 g/mol. The number of benzene rings is 1. The molecule has 2 heterocycles. The van der Waals surface area contributed by atoms with Gasteiger partial charge in [-0.25, -0.2) is 4.39 Å². The Labute approximate surface area is 134 Å². The van der Waals surface area contributed by atoms with Crippen molar-refractivity contribution >= 4 is 5.69 Å². The fraction of sp³-hybridized carbons (Fsp3) is 0.684. The van der Waals surface area contributed by atoms with Crippen LogP contribution in [0.5, 0.6) is 0 Å². The standard InChI is InChI=1S/C19H29FN2/c1-15-6-10-21(11-7-15)14-17-8-12-22(13-9-17)18-5-3-4-16(2)19(18)20/h3-5,15,17H,6-14H2,1-2H3. The number of likely N-dealkylation sites (tertiary alicyclic amines) is 1. The smallest absolute Gasteiger partial charge is 0.149 e. The second kappa shape index (κ2) is 6.99. The van der Waals surface area contributed by atoms with Crippen LogP contribution >= 0.6 is 0 Å². The lowest BCUT2D eigenvalue weighted by Gasteiger charge is -2.38. The zero-order valence-electron chi connectivity index (χ0n) is 14.0. The number of rotatable bonds is 3. The van der Waals surface area contributed by atoms with Crippen molar-refractivity contribution in [2.75, 3.05) is 37.6 Å². The molecule has 3 rings (SSSR count). The van der Waals surface area contributed by atoms with Gasteiger partial charge >= 0.3 is 0 Å². The van der Waals surface area contributed by atoms with E-state index in [4.69, 9.17) is 0 Å². The molecule has 0 bridgehead atoms. The van der Waals surface area contributed by atoms with Gasteiger partial charge in [0.1, 0.15) is 5.82 Å². The monoisotopic (exact) mass is 304 g/mol. The lowest BCUT2D eigenvalue weighted by atomic mass is 9.93. The van der Waals surface area contributed by atoms with Crippen LogP contribution in [0.25, 0.3) is 0 Å². The maximum absolute atomic E-state index is 14.2. The van der Waals surface area contributed by atoms with Gasteiger partial charge in [-0.1, -0.05) is 19.1 Å². The first-order chi connectivity index (χ1) is 10.6. The lowest BCUT2D eigenvalue weighted by molar-refractivity contribution is 0.156. The van der Waals surface area contributed by atoms with E-state index in [9.17, 15) is 4.39 Å². The molecule has 0 saturated carbocycles. The first kappa shape index (κ1) is 15.8. The largest absolute Gasteiger partial charge is 0.369 e. The Kier molecular flexibility index (Phi) is 5.02. The van der Waals surface area contributed by atoms with Crippen molar-refractivity contribution in [1.29, 1.82) is 0 Å². The number of anilines is 1. The molecule has 2 saturated heterocycles. The average Bonchev–Trinajstić information content (AvgIpc) is 2.53. The fourth-order valence-electron chi connectivity index (χ4n) is 3.84. The van der Waals surface area contributed by atoms with E-state index >= 15 is 0 Å². The van der Waals surface area contributed by atoms with Gasteiger partial charge in [0.2, 0.25) is 0 Å². The molecule has 2 aliphatic rings. The SMILES string of the molecule is Cc1cccc(N2CCC(CN3CCC(C)CC3)CC2)c1F. The normalized spacial score (nSPS) is 22.2. The molecule has 1 aromatic rings. The minimum atomic E-state index is -0.0361. The number of piperidine rings is 2. The minimum Gasteiger partial charge on any atom is -0.369 e. The van der Waals surface area contributed by atoms with Crippen molar-refractivity contribution in [3.05, 3.63) is 29.6 Å². The topological polar surface area (TPSA) is 6.48 Å². The Hall–Kier alpha value is -1.09. The van der Waals surface area contributed by atoms with Crippen molar-refractivity contribution in [2.45, 2.75) is 39.5 Å². The first-order valence-electron chi connectivity index (χ1n) is 8.86. The molecule has 0 unspecified atom stereocenters. The summed E-state index contributed by atoms with van der Waals surface area (Å²) in [5.74, 6) is 1.66. The summed E-state index contributed by atoms with van der Waals surface area (Å²) < 4.78 is 14.2. The lowest BCUT2D eigenvalue weighted by Crippen LogP contribution is -2.41. The Morgan fingerprint density at radius 3 is 2.41 bits per heavy atom. The van der Waals surface area contributed by atoms with Gasteiger partial charge in [-0.15, -0.1) is 0 Å². The van der Waals surface area contributed by atoms with Gasteiger partial charge in [0.05, 0.1) is 5.69 Å². The molecule has 0 N–H and O–H groups in total. The molecule has 0 amide bonds. The predicted octanol–water partition coefficient (Wildman–Crippen LogP) is 4.08. The van der Waals surface area contributed by atoms with Gasteiger partial charge < -0.3 is 9.80 Å². The molecule has 0 aromatic heterocycles. The quantitative estimate of drug-likeness (QED) is 0.830. The van der Waals surface area contributed by atoms with Crippen molar-refractivity contribution in [1.82, 2.24) is 4.90 Å². The van der Waals surface area contributed by atoms with Gasteiger partial charge in [-0.2, -0.15) is 0 Å². The third-order valence-corrected chi connectivity index (χ3v) is 5.52. The molecule has 0 aliphatic carbocycles. The summed E-state index contributed by atoms with van der Waals surface area (Å²) in [5, 5.41) is 0. The summed E-state index contributed by atoms with van der Waals surface area (Å²) in [6.07, 6.45) is 5.10. The number of nitrogens with zero attached hydrogens (tertiary/aromatic N) is 2. The van der Waals surface area contributed by atoms with Gasteiger partial charge in [-0.3, -0.25) is 0 Å². The first-order valence-corrected chi connectivity index (χ1v) is 8.86. The van der Waals surface area contributed by atoms with E-state index in [0.717, 1.165) is 36.2 Å². The molecule has 122 valence electrons. The molecule has 2 nitrogen and oxygen atoms in total. The highest BCUT2D eigenvalue weighted by atomic mass is 19.1. The van der Waals surface area contributed by atoms with Crippen LogP contribution in [0.2, 0.25) is 0 Å². The summed E-state index contributed by atoms with van der Waals surface area (Å²) in [5.41, 5.74) is 1.55. The summed E-state index contributed by atoms with van der Waals surface area (Å²) in [6.45, 7) is 10.00. The zero-order valence-corrected chi connectivity index (χ0v) is 14.0. The molecule has 1 aromatic carbocycles. The van der Waals surface area contributed by atoms with E-state index in [1.807, 2.05) is 25.1 Å². The summed E-state index contributed by atoms with van der Waals surface area (Å²) in [6, 6.07) is 5.74. The van der Waals surface area contributed by atoms with Crippen LogP contribution in [0.15, 0.2) is 18.2 Å².